The smallest absolute Gasteiger partial charge is 0.233 e. The van der Waals surface area contributed by atoms with Crippen molar-refractivity contribution in [1.29, 1.82) is 0 Å². The number of benzene rings is 1. The Hall–Kier alpha value is -1.66. The maximum Gasteiger partial charge on any atom is 0.233 e. The third-order valence-corrected chi connectivity index (χ3v) is 4.36. The molecule has 0 saturated carbocycles. The molecule has 2 rings (SSSR count). The zero-order valence-electron chi connectivity index (χ0n) is 13.1. The Bertz CT molecular complexity index is 648. The number of para-hydroxylation sites is 2. The van der Waals surface area contributed by atoms with Crippen LogP contribution in [0.15, 0.2) is 29.3 Å². The average Bonchev–Trinajstić information content (AvgIpc) is 2.52. The van der Waals surface area contributed by atoms with Crippen LogP contribution in [0.3, 0.4) is 0 Å². The van der Waals surface area contributed by atoms with Gasteiger partial charge in [0.15, 0.2) is 0 Å². The van der Waals surface area contributed by atoms with Gasteiger partial charge in [-0.3, -0.25) is 4.79 Å². The number of thioether (sulfide) groups is 1. The van der Waals surface area contributed by atoms with Crippen molar-refractivity contribution in [3.05, 3.63) is 30.0 Å². The van der Waals surface area contributed by atoms with Crippen molar-refractivity contribution >= 4 is 28.7 Å². The Morgan fingerprint density at radius 3 is 2.68 bits per heavy atom. The molecule has 1 aromatic heterocycles. The Labute approximate surface area is 134 Å². The number of carbonyl (C=O) groups excluding carboxylic acids is 1. The van der Waals surface area contributed by atoms with Crippen LogP contribution in [-0.2, 0) is 9.53 Å². The molecule has 118 valence electrons. The average molecular weight is 319 g/mol. The Morgan fingerprint density at radius 1 is 1.32 bits per heavy atom. The molecule has 1 heterocycles. The van der Waals surface area contributed by atoms with Crippen LogP contribution in [0, 0.1) is 6.92 Å². The first-order chi connectivity index (χ1) is 10.6. The van der Waals surface area contributed by atoms with E-state index in [0.717, 1.165) is 28.2 Å². The van der Waals surface area contributed by atoms with Gasteiger partial charge in [0.1, 0.15) is 5.03 Å². The molecule has 22 heavy (non-hydrogen) atoms. The number of amides is 1. The highest BCUT2D eigenvalue weighted by Crippen LogP contribution is 2.25. The third-order valence-electron chi connectivity index (χ3n) is 3.18. The van der Waals surface area contributed by atoms with Gasteiger partial charge in [-0.1, -0.05) is 23.9 Å². The molecule has 1 N–H and O–H groups in total. The van der Waals surface area contributed by atoms with Crippen LogP contribution < -0.4 is 5.32 Å². The minimum Gasteiger partial charge on any atom is -0.385 e. The molecule has 1 atom stereocenters. The Balaban J connectivity index is 2.00. The molecular weight excluding hydrogens is 298 g/mol. The van der Waals surface area contributed by atoms with E-state index in [1.54, 1.807) is 7.11 Å². The lowest BCUT2D eigenvalue weighted by Gasteiger charge is -2.13. The van der Waals surface area contributed by atoms with Crippen LogP contribution in [0.1, 0.15) is 19.0 Å². The van der Waals surface area contributed by atoms with Crippen molar-refractivity contribution in [1.82, 2.24) is 15.3 Å². The Morgan fingerprint density at radius 2 is 2.00 bits per heavy atom. The van der Waals surface area contributed by atoms with Crippen LogP contribution in [-0.4, -0.2) is 41.4 Å². The number of hydrogen-bond donors (Lipinski definition) is 1. The van der Waals surface area contributed by atoms with E-state index in [-0.39, 0.29) is 11.2 Å². The standard InChI is InChI=1S/C16H21N3O2S/c1-11-16(19-14-8-5-4-7-13(14)18-11)22-12(2)15(20)17-9-6-10-21-3/h4-5,7-8,12H,6,9-10H2,1-3H3,(H,17,20). The summed E-state index contributed by atoms with van der Waals surface area (Å²) in [5, 5.41) is 3.50. The molecule has 6 heteroatoms. The number of hydrogen-bond acceptors (Lipinski definition) is 5. The number of aromatic nitrogens is 2. The molecule has 0 aliphatic heterocycles. The SMILES string of the molecule is COCCCNC(=O)C(C)Sc1nc2ccccc2nc1C. The molecule has 1 amide bonds. The molecule has 2 aromatic rings. The van der Waals surface area contributed by atoms with Gasteiger partial charge in [-0.2, -0.15) is 0 Å². The second kappa shape index (κ2) is 8.10. The van der Waals surface area contributed by atoms with Gasteiger partial charge in [-0.25, -0.2) is 9.97 Å². The summed E-state index contributed by atoms with van der Waals surface area (Å²) < 4.78 is 4.96. The maximum atomic E-state index is 12.1. The molecule has 1 aromatic carbocycles. The van der Waals surface area contributed by atoms with Crippen LogP contribution in [0.25, 0.3) is 11.0 Å². The number of aryl methyl sites for hydroxylation is 1. The van der Waals surface area contributed by atoms with Crippen LogP contribution in [0.5, 0.6) is 0 Å². The summed E-state index contributed by atoms with van der Waals surface area (Å²) >= 11 is 1.44. The minimum absolute atomic E-state index is 0.00969. The number of ether oxygens (including phenoxy) is 1. The van der Waals surface area contributed by atoms with Crippen molar-refractivity contribution in [2.24, 2.45) is 0 Å². The number of nitrogens with zero attached hydrogens (tertiary/aromatic N) is 2. The van der Waals surface area contributed by atoms with E-state index in [1.807, 2.05) is 38.1 Å². The lowest BCUT2D eigenvalue weighted by atomic mass is 10.3. The first kappa shape index (κ1) is 16.7. The second-order valence-corrected chi connectivity index (χ2v) is 6.33. The van der Waals surface area contributed by atoms with Crippen molar-refractivity contribution in [2.45, 2.75) is 30.5 Å². The largest absolute Gasteiger partial charge is 0.385 e. The molecule has 0 spiro atoms. The molecular formula is C16H21N3O2S. The summed E-state index contributed by atoms with van der Waals surface area (Å²) in [6.45, 7) is 5.08. The second-order valence-electron chi connectivity index (χ2n) is 5.00. The van der Waals surface area contributed by atoms with Gasteiger partial charge in [0.05, 0.1) is 22.0 Å². The zero-order valence-corrected chi connectivity index (χ0v) is 13.9. The van der Waals surface area contributed by atoms with Gasteiger partial charge < -0.3 is 10.1 Å². The van der Waals surface area contributed by atoms with Crippen molar-refractivity contribution in [3.8, 4) is 0 Å². The molecule has 0 bridgehead atoms. The van der Waals surface area contributed by atoms with Crippen LogP contribution in [0.2, 0.25) is 0 Å². The molecule has 0 saturated heterocycles. The summed E-state index contributed by atoms with van der Waals surface area (Å²) in [6, 6.07) is 7.75. The summed E-state index contributed by atoms with van der Waals surface area (Å²) in [7, 11) is 1.65. The zero-order chi connectivity index (χ0) is 15.9. The summed E-state index contributed by atoms with van der Waals surface area (Å²) in [4.78, 5) is 21.2. The molecule has 0 fully saturated rings. The third kappa shape index (κ3) is 4.42. The van der Waals surface area contributed by atoms with E-state index in [0.29, 0.717) is 13.2 Å². The van der Waals surface area contributed by atoms with Gasteiger partial charge >= 0.3 is 0 Å². The topological polar surface area (TPSA) is 64.1 Å². The number of rotatable bonds is 7. The quantitative estimate of drug-likeness (QED) is 0.628. The normalized spacial score (nSPS) is 12.3. The first-order valence-electron chi connectivity index (χ1n) is 7.28. The molecule has 0 aliphatic rings. The highest BCUT2D eigenvalue weighted by molar-refractivity contribution is 8.00. The Kier molecular flexibility index (Phi) is 6.15. The van der Waals surface area contributed by atoms with E-state index in [2.05, 4.69) is 15.3 Å². The monoisotopic (exact) mass is 319 g/mol. The number of nitrogens with one attached hydrogen (secondary N) is 1. The predicted molar refractivity (Wildman–Crippen MR) is 89.1 cm³/mol. The van der Waals surface area contributed by atoms with Gasteiger partial charge in [-0.15, -0.1) is 0 Å². The molecule has 0 aliphatic carbocycles. The lowest BCUT2D eigenvalue weighted by Crippen LogP contribution is -2.32. The van der Waals surface area contributed by atoms with Gasteiger partial charge in [0.2, 0.25) is 5.91 Å². The van der Waals surface area contributed by atoms with E-state index < -0.39 is 0 Å². The maximum absolute atomic E-state index is 12.1. The van der Waals surface area contributed by atoms with E-state index in [1.165, 1.54) is 11.8 Å². The fourth-order valence-corrected chi connectivity index (χ4v) is 2.87. The van der Waals surface area contributed by atoms with E-state index >= 15 is 0 Å². The van der Waals surface area contributed by atoms with Crippen molar-refractivity contribution < 1.29 is 9.53 Å². The van der Waals surface area contributed by atoms with Crippen LogP contribution >= 0.6 is 11.8 Å². The molecule has 1 unspecified atom stereocenters. The van der Waals surface area contributed by atoms with Crippen molar-refractivity contribution in [3.63, 3.8) is 0 Å². The van der Waals surface area contributed by atoms with Gasteiger partial charge in [0, 0.05) is 20.3 Å². The number of fused-ring (bicyclic) bond motifs is 1. The van der Waals surface area contributed by atoms with Crippen LogP contribution in [0.4, 0.5) is 0 Å². The number of carbonyl (C=O) groups is 1. The summed E-state index contributed by atoms with van der Waals surface area (Å²) in [5.74, 6) is 0.00969. The van der Waals surface area contributed by atoms with Crippen molar-refractivity contribution in [2.75, 3.05) is 20.3 Å². The highest BCUT2D eigenvalue weighted by Gasteiger charge is 2.16. The highest BCUT2D eigenvalue weighted by atomic mass is 32.2. The number of methoxy groups -OCH3 is 1. The minimum atomic E-state index is -0.211. The molecule has 0 radical (unpaired) electrons. The lowest BCUT2D eigenvalue weighted by molar-refractivity contribution is -0.120. The van der Waals surface area contributed by atoms with E-state index in [4.69, 9.17) is 4.74 Å². The fraction of sp³-hybridized carbons (Fsp3) is 0.438. The predicted octanol–water partition coefficient (Wildman–Crippen LogP) is 2.57. The molecule has 5 nitrogen and oxygen atoms in total. The fourth-order valence-electron chi connectivity index (χ4n) is 1.98. The van der Waals surface area contributed by atoms with E-state index in [9.17, 15) is 4.79 Å². The van der Waals surface area contributed by atoms with Gasteiger partial charge in [0.25, 0.3) is 0 Å². The first-order valence-corrected chi connectivity index (χ1v) is 8.16. The summed E-state index contributed by atoms with van der Waals surface area (Å²) in [5.41, 5.74) is 2.58. The summed E-state index contributed by atoms with van der Waals surface area (Å²) in [6.07, 6.45) is 0.814. The van der Waals surface area contributed by atoms with Gasteiger partial charge in [-0.05, 0) is 32.4 Å².